The first kappa shape index (κ1) is 20.2. The summed E-state index contributed by atoms with van der Waals surface area (Å²) >= 11 is 0. The van der Waals surface area contributed by atoms with Gasteiger partial charge in [-0.25, -0.2) is 4.79 Å². The number of unbranched alkanes of at least 4 members (excludes halogenated alkanes) is 3. The molecule has 1 rings (SSSR count). The van der Waals surface area contributed by atoms with E-state index in [1.807, 2.05) is 34.6 Å². The lowest BCUT2D eigenvalue weighted by Crippen LogP contribution is -2.32. The fourth-order valence-corrected chi connectivity index (χ4v) is 2.25. The van der Waals surface area contributed by atoms with Crippen molar-refractivity contribution in [2.24, 2.45) is 0 Å². The maximum absolute atomic E-state index is 11.4. The molecule has 1 amide bonds. The molecule has 1 atom stereocenters. The van der Waals surface area contributed by atoms with Gasteiger partial charge in [0.25, 0.3) is 0 Å². The predicted molar refractivity (Wildman–Crippen MR) is 88.4 cm³/mol. The first-order valence-electron chi connectivity index (χ1n) is 8.54. The maximum atomic E-state index is 11.4. The zero-order valence-corrected chi connectivity index (χ0v) is 15.3. The number of carbonyl (C=O) groups is 1. The third-order valence-electron chi connectivity index (χ3n) is 3.25. The van der Waals surface area contributed by atoms with Crippen LogP contribution in [-0.4, -0.2) is 50.0 Å². The Labute approximate surface area is 140 Å². The fourth-order valence-electron chi connectivity index (χ4n) is 2.25. The minimum Gasteiger partial charge on any atom is -0.444 e. The van der Waals surface area contributed by atoms with Gasteiger partial charge < -0.3 is 24.3 Å². The van der Waals surface area contributed by atoms with Crippen molar-refractivity contribution in [3.8, 4) is 0 Å². The Bertz CT molecular complexity index is 351. The summed E-state index contributed by atoms with van der Waals surface area (Å²) in [6, 6.07) is 0. The average molecular weight is 331 g/mol. The highest BCUT2D eigenvalue weighted by Crippen LogP contribution is 2.22. The Balaban J connectivity index is 1.86. The number of alkyl carbamates (subject to hydrolysis) is 1. The third-order valence-corrected chi connectivity index (χ3v) is 3.25. The Hall–Kier alpha value is -0.850. The van der Waals surface area contributed by atoms with Crippen molar-refractivity contribution in [1.29, 1.82) is 0 Å². The second-order valence-corrected chi connectivity index (χ2v) is 7.37. The van der Waals surface area contributed by atoms with Crippen LogP contribution in [0.25, 0.3) is 0 Å². The lowest BCUT2D eigenvalue weighted by molar-refractivity contribution is -0.145. The average Bonchev–Trinajstić information content (AvgIpc) is 2.74. The van der Waals surface area contributed by atoms with E-state index in [-0.39, 0.29) is 12.2 Å². The number of hydrogen-bond donors (Lipinski definition) is 1. The summed E-state index contributed by atoms with van der Waals surface area (Å²) in [5.41, 5.74) is -0.440. The van der Waals surface area contributed by atoms with Gasteiger partial charge in [-0.3, -0.25) is 0 Å². The van der Waals surface area contributed by atoms with Crippen LogP contribution in [0.5, 0.6) is 0 Å². The summed E-state index contributed by atoms with van der Waals surface area (Å²) in [4.78, 5) is 11.4. The molecule has 0 radical (unpaired) electrons. The molecule has 1 unspecified atom stereocenters. The van der Waals surface area contributed by atoms with Gasteiger partial charge in [0.15, 0.2) is 5.79 Å². The summed E-state index contributed by atoms with van der Waals surface area (Å²) in [5.74, 6) is -0.477. The summed E-state index contributed by atoms with van der Waals surface area (Å²) in [6.07, 6.45) is 3.82. The summed E-state index contributed by atoms with van der Waals surface area (Å²) in [6.45, 7) is 12.0. The van der Waals surface area contributed by atoms with Crippen LogP contribution in [0.15, 0.2) is 0 Å². The Kier molecular flexibility index (Phi) is 8.29. The quantitative estimate of drug-likeness (QED) is 0.657. The lowest BCUT2D eigenvalue weighted by atomic mass is 10.2. The molecule has 136 valence electrons. The molecular weight excluding hydrogens is 298 g/mol. The van der Waals surface area contributed by atoms with E-state index in [9.17, 15) is 4.79 Å². The van der Waals surface area contributed by atoms with Gasteiger partial charge in [0, 0.05) is 13.2 Å². The topological polar surface area (TPSA) is 66.0 Å². The SMILES string of the molecule is CC(C)(C)OC(=O)NCCCCCCOCC1COC(C)(C)O1. The summed E-state index contributed by atoms with van der Waals surface area (Å²) < 4.78 is 21.9. The number of ether oxygens (including phenoxy) is 4. The molecule has 0 saturated carbocycles. The van der Waals surface area contributed by atoms with Crippen molar-refractivity contribution in [1.82, 2.24) is 5.32 Å². The van der Waals surface area contributed by atoms with Gasteiger partial charge in [0.05, 0.1) is 13.2 Å². The highest BCUT2D eigenvalue weighted by atomic mass is 16.7. The van der Waals surface area contributed by atoms with Crippen LogP contribution < -0.4 is 5.32 Å². The Morgan fingerprint density at radius 2 is 1.91 bits per heavy atom. The predicted octanol–water partition coefficient (Wildman–Crippen LogP) is 3.24. The molecular formula is C17H33NO5. The van der Waals surface area contributed by atoms with E-state index in [1.54, 1.807) is 0 Å². The van der Waals surface area contributed by atoms with Crippen LogP contribution in [0.1, 0.15) is 60.3 Å². The van der Waals surface area contributed by atoms with E-state index >= 15 is 0 Å². The molecule has 0 bridgehead atoms. The summed E-state index contributed by atoms with van der Waals surface area (Å²) in [5, 5.41) is 2.76. The van der Waals surface area contributed by atoms with E-state index in [0.29, 0.717) is 19.8 Å². The molecule has 1 aliphatic rings. The van der Waals surface area contributed by atoms with Crippen molar-refractivity contribution >= 4 is 6.09 Å². The third kappa shape index (κ3) is 10.5. The van der Waals surface area contributed by atoms with E-state index in [2.05, 4.69) is 5.32 Å². The van der Waals surface area contributed by atoms with Crippen LogP contribution in [0.4, 0.5) is 4.79 Å². The molecule has 1 heterocycles. The van der Waals surface area contributed by atoms with E-state index in [0.717, 1.165) is 32.3 Å². The first-order valence-corrected chi connectivity index (χ1v) is 8.54. The molecule has 0 aromatic heterocycles. The molecule has 0 aliphatic carbocycles. The molecule has 0 aromatic rings. The zero-order chi connectivity index (χ0) is 17.3. The van der Waals surface area contributed by atoms with Crippen molar-refractivity contribution in [3.63, 3.8) is 0 Å². The molecule has 0 spiro atoms. The molecule has 1 saturated heterocycles. The second-order valence-electron chi connectivity index (χ2n) is 7.37. The van der Waals surface area contributed by atoms with Crippen LogP contribution in [0.2, 0.25) is 0 Å². The molecule has 1 N–H and O–H groups in total. The lowest BCUT2D eigenvalue weighted by Gasteiger charge is -2.19. The molecule has 1 aliphatic heterocycles. The molecule has 1 fully saturated rings. The molecule has 6 heteroatoms. The van der Waals surface area contributed by atoms with Crippen molar-refractivity contribution in [2.75, 3.05) is 26.4 Å². The molecule has 0 aromatic carbocycles. The number of hydrogen-bond acceptors (Lipinski definition) is 5. The largest absolute Gasteiger partial charge is 0.444 e. The van der Waals surface area contributed by atoms with Crippen LogP contribution in [0, 0.1) is 0 Å². The van der Waals surface area contributed by atoms with Gasteiger partial charge in [-0.2, -0.15) is 0 Å². The van der Waals surface area contributed by atoms with Gasteiger partial charge in [-0.15, -0.1) is 0 Å². The Morgan fingerprint density at radius 3 is 2.52 bits per heavy atom. The molecule has 6 nitrogen and oxygen atoms in total. The van der Waals surface area contributed by atoms with E-state index in [4.69, 9.17) is 18.9 Å². The van der Waals surface area contributed by atoms with Crippen molar-refractivity contribution in [3.05, 3.63) is 0 Å². The molecule has 23 heavy (non-hydrogen) atoms. The minimum atomic E-state index is -0.477. The highest BCUT2D eigenvalue weighted by molar-refractivity contribution is 5.67. The number of rotatable bonds is 9. The van der Waals surface area contributed by atoms with Gasteiger partial charge in [-0.05, 0) is 47.5 Å². The summed E-state index contributed by atoms with van der Waals surface area (Å²) in [7, 11) is 0. The van der Waals surface area contributed by atoms with Crippen molar-refractivity contribution < 1.29 is 23.7 Å². The second kappa shape index (κ2) is 9.45. The maximum Gasteiger partial charge on any atom is 0.407 e. The van der Waals surface area contributed by atoms with Crippen molar-refractivity contribution in [2.45, 2.75) is 77.8 Å². The van der Waals surface area contributed by atoms with Gasteiger partial charge in [0.1, 0.15) is 11.7 Å². The van der Waals surface area contributed by atoms with Crippen LogP contribution in [0.3, 0.4) is 0 Å². The number of amides is 1. The van der Waals surface area contributed by atoms with Gasteiger partial charge in [0.2, 0.25) is 0 Å². The van der Waals surface area contributed by atoms with E-state index < -0.39 is 11.4 Å². The highest BCUT2D eigenvalue weighted by Gasteiger charge is 2.32. The number of nitrogens with one attached hydrogen (secondary N) is 1. The first-order chi connectivity index (χ1) is 10.7. The smallest absolute Gasteiger partial charge is 0.407 e. The Morgan fingerprint density at radius 1 is 1.22 bits per heavy atom. The minimum absolute atomic E-state index is 0.0445. The van der Waals surface area contributed by atoms with Gasteiger partial charge in [-0.1, -0.05) is 12.8 Å². The standard InChI is InChI=1S/C17H33NO5/c1-16(2,3)23-15(19)18-10-8-6-7-9-11-20-12-14-13-21-17(4,5)22-14/h14H,6-13H2,1-5H3,(H,18,19). The number of carbonyl (C=O) groups excluding carboxylic acids is 1. The fraction of sp³-hybridized carbons (Fsp3) is 0.941. The monoisotopic (exact) mass is 331 g/mol. The zero-order valence-electron chi connectivity index (χ0n) is 15.3. The van der Waals surface area contributed by atoms with Crippen LogP contribution >= 0.6 is 0 Å². The van der Waals surface area contributed by atoms with Crippen LogP contribution in [-0.2, 0) is 18.9 Å². The normalized spacial score (nSPS) is 20.5. The van der Waals surface area contributed by atoms with E-state index in [1.165, 1.54) is 0 Å². The van der Waals surface area contributed by atoms with Gasteiger partial charge >= 0.3 is 6.09 Å².